The van der Waals surface area contributed by atoms with Crippen molar-refractivity contribution in [3.8, 4) is 0 Å². The van der Waals surface area contributed by atoms with Crippen molar-refractivity contribution < 1.29 is 14.3 Å². The normalized spacial score (nSPS) is 9.69. The maximum Gasteiger partial charge on any atom is 0.339 e. The molecule has 0 atom stereocenters. The van der Waals surface area contributed by atoms with Gasteiger partial charge in [0.05, 0.1) is 23.7 Å². The summed E-state index contributed by atoms with van der Waals surface area (Å²) in [6, 6.07) is 4.55. The molecule has 1 N–H and O–H groups in total. The number of carbonyl (C=O) groups excluding carboxylic acids is 2. The number of methoxy groups -OCH3 is 1. The predicted molar refractivity (Wildman–Crippen MR) is 65.2 cm³/mol. The number of carbonyl (C=O) groups is 2. The highest BCUT2D eigenvalue weighted by molar-refractivity contribution is 9.09. The maximum atomic E-state index is 11.4. The third-order valence-electron chi connectivity index (χ3n) is 1.78. The summed E-state index contributed by atoms with van der Waals surface area (Å²) in [6.07, 6.45) is 0. The fourth-order valence-electron chi connectivity index (χ4n) is 1.09. The Balaban J connectivity index is 3.08. The van der Waals surface area contributed by atoms with E-state index < -0.39 is 5.97 Å². The van der Waals surface area contributed by atoms with Gasteiger partial charge in [0.25, 0.3) is 0 Å². The molecule has 1 aromatic rings. The monoisotopic (exact) mass is 305 g/mol. The first-order valence-electron chi connectivity index (χ1n) is 4.32. The molecule has 0 unspecified atom stereocenters. The lowest BCUT2D eigenvalue weighted by Crippen LogP contribution is -2.15. The molecular formula is C10H9BrClNO3. The third-order valence-corrected chi connectivity index (χ3v) is 2.53. The van der Waals surface area contributed by atoms with E-state index in [2.05, 4.69) is 26.0 Å². The Bertz CT molecular complexity index is 423. The Labute approximate surface area is 106 Å². The molecule has 1 amide bonds. The molecule has 6 heteroatoms. The number of nitrogens with one attached hydrogen (secondary N) is 1. The zero-order valence-corrected chi connectivity index (χ0v) is 10.8. The van der Waals surface area contributed by atoms with E-state index in [9.17, 15) is 9.59 Å². The Hall–Kier alpha value is -1.07. The van der Waals surface area contributed by atoms with Crippen LogP contribution in [0.4, 0.5) is 5.69 Å². The maximum absolute atomic E-state index is 11.4. The Morgan fingerprint density at radius 2 is 2.19 bits per heavy atom. The largest absolute Gasteiger partial charge is 0.465 e. The predicted octanol–water partition coefficient (Wildman–Crippen LogP) is 2.46. The summed E-state index contributed by atoms with van der Waals surface area (Å²) in [5.74, 6) is -0.797. The topological polar surface area (TPSA) is 55.4 Å². The average molecular weight is 307 g/mol. The third kappa shape index (κ3) is 3.21. The van der Waals surface area contributed by atoms with E-state index >= 15 is 0 Å². The molecule has 16 heavy (non-hydrogen) atoms. The number of ether oxygens (including phenoxy) is 1. The van der Waals surface area contributed by atoms with Gasteiger partial charge in [-0.05, 0) is 18.2 Å². The van der Waals surface area contributed by atoms with Crippen LogP contribution >= 0.6 is 27.5 Å². The van der Waals surface area contributed by atoms with Crippen LogP contribution in [-0.2, 0) is 9.53 Å². The summed E-state index contributed by atoms with van der Waals surface area (Å²) in [5.41, 5.74) is 0.602. The first kappa shape index (κ1) is 13.0. The lowest BCUT2D eigenvalue weighted by atomic mass is 10.2. The van der Waals surface area contributed by atoms with Crippen molar-refractivity contribution in [3.63, 3.8) is 0 Å². The van der Waals surface area contributed by atoms with E-state index in [1.54, 1.807) is 6.07 Å². The van der Waals surface area contributed by atoms with Crippen molar-refractivity contribution in [1.29, 1.82) is 0 Å². The van der Waals surface area contributed by atoms with E-state index in [4.69, 9.17) is 11.6 Å². The number of amides is 1. The summed E-state index contributed by atoms with van der Waals surface area (Å²) in [7, 11) is 1.27. The summed E-state index contributed by atoms with van der Waals surface area (Å²) >= 11 is 8.78. The molecule has 4 nitrogen and oxygen atoms in total. The molecule has 0 heterocycles. The van der Waals surface area contributed by atoms with Gasteiger partial charge in [-0.25, -0.2) is 4.79 Å². The number of hydrogen-bond acceptors (Lipinski definition) is 3. The van der Waals surface area contributed by atoms with Crippen LogP contribution < -0.4 is 5.32 Å². The number of halogens is 2. The molecule has 1 rings (SSSR count). The van der Waals surface area contributed by atoms with Crippen molar-refractivity contribution in [1.82, 2.24) is 0 Å². The smallest absolute Gasteiger partial charge is 0.339 e. The molecule has 0 saturated heterocycles. The van der Waals surface area contributed by atoms with Gasteiger partial charge in [-0.15, -0.1) is 0 Å². The van der Waals surface area contributed by atoms with Crippen LogP contribution in [0.1, 0.15) is 10.4 Å². The quantitative estimate of drug-likeness (QED) is 0.689. The molecule has 0 aliphatic carbocycles. The molecule has 0 aromatic heterocycles. The van der Waals surface area contributed by atoms with E-state index in [1.807, 2.05) is 0 Å². The molecule has 86 valence electrons. The highest BCUT2D eigenvalue weighted by atomic mass is 79.9. The molecular weight excluding hydrogens is 297 g/mol. The van der Waals surface area contributed by atoms with Gasteiger partial charge in [0, 0.05) is 5.02 Å². The Morgan fingerprint density at radius 1 is 1.50 bits per heavy atom. The fourth-order valence-corrected chi connectivity index (χ4v) is 1.40. The van der Waals surface area contributed by atoms with Gasteiger partial charge in [-0.2, -0.15) is 0 Å². The fraction of sp³-hybridized carbons (Fsp3) is 0.200. The molecule has 0 bridgehead atoms. The summed E-state index contributed by atoms with van der Waals surface area (Å²) in [5, 5.41) is 3.11. The van der Waals surface area contributed by atoms with E-state index in [0.29, 0.717) is 10.7 Å². The number of esters is 1. The van der Waals surface area contributed by atoms with Gasteiger partial charge in [0.1, 0.15) is 0 Å². The van der Waals surface area contributed by atoms with Crippen molar-refractivity contribution in [3.05, 3.63) is 28.8 Å². The van der Waals surface area contributed by atoms with Crippen LogP contribution in [0.15, 0.2) is 18.2 Å². The van der Waals surface area contributed by atoms with Crippen molar-refractivity contribution >= 4 is 45.1 Å². The molecule has 0 aliphatic heterocycles. The van der Waals surface area contributed by atoms with E-state index in [1.165, 1.54) is 19.2 Å². The lowest BCUT2D eigenvalue weighted by molar-refractivity contribution is -0.113. The summed E-state index contributed by atoms with van der Waals surface area (Å²) in [6.45, 7) is 0. The number of anilines is 1. The second-order valence-electron chi connectivity index (χ2n) is 2.86. The van der Waals surface area contributed by atoms with Crippen molar-refractivity contribution in [2.24, 2.45) is 0 Å². The van der Waals surface area contributed by atoms with Gasteiger partial charge < -0.3 is 10.1 Å². The number of benzene rings is 1. The molecule has 0 radical (unpaired) electrons. The van der Waals surface area contributed by atoms with Gasteiger partial charge in [0.15, 0.2) is 0 Å². The zero-order chi connectivity index (χ0) is 12.1. The SMILES string of the molecule is COC(=O)c1ccc(Cl)cc1NC(=O)CBr. The average Bonchev–Trinajstić information content (AvgIpc) is 2.28. The van der Waals surface area contributed by atoms with Gasteiger partial charge >= 0.3 is 5.97 Å². The van der Waals surface area contributed by atoms with Gasteiger partial charge in [-0.1, -0.05) is 27.5 Å². The lowest BCUT2D eigenvalue weighted by Gasteiger charge is -2.08. The van der Waals surface area contributed by atoms with Crippen LogP contribution in [-0.4, -0.2) is 24.3 Å². The van der Waals surface area contributed by atoms with Crippen LogP contribution in [0.5, 0.6) is 0 Å². The first-order valence-corrected chi connectivity index (χ1v) is 5.82. The van der Waals surface area contributed by atoms with E-state index in [-0.39, 0.29) is 16.8 Å². The number of rotatable bonds is 3. The second kappa shape index (κ2) is 5.86. The van der Waals surface area contributed by atoms with Crippen LogP contribution in [0.2, 0.25) is 5.02 Å². The highest BCUT2D eigenvalue weighted by Crippen LogP contribution is 2.21. The van der Waals surface area contributed by atoms with Gasteiger partial charge in [-0.3, -0.25) is 4.79 Å². The van der Waals surface area contributed by atoms with Crippen LogP contribution in [0.25, 0.3) is 0 Å². The minimum absolute atomic E-state index is 0.139. The Morgan fingerprint density at radius 3 is 2.75 bits per heavy atom. The van der Waals surface area contributed by atoms with Crippen LogP contribution in [0, 0.1) is 0 Å². The number of hydrogen-bond donors (Lipinski definition) is 1. The molecule has 0 aliphatic rings. The summed E-state index contributed by atoms with van der Waals surface area (Å²) < 4.78 is 4.59. The zero-order valence-electron chi connectivity index (χ0n) is 8.42. The molecule has 0 spiro atoms. The Kier molecular flexibility index (Phi) is 4.76. The molecule has 0 fully saturated rings. The van der Waals surface area contributed by atoms with E-state index in [0.717, 1.165) is 0 Å². The molecule has 1 aromatic carbocycles. The highest BCUT2D eigenvalue weighted by Gasteiger charge is 2.13. The minimum atomic E-state index is -0.526. The van der Waals surface area contributed by atoms with Crippen molar-refractivity contribution in [2.45, 2.75) is 0 Å². The second-order valence-corrected chi connectivity index (χ2v) is 3.86. The van der Waals surface area contributed by atoms with Crippen LogP contribution in [0.3, 0.4) is 0 Å². The van der Waals surface area contributed by atoms with Crippen molar-refractivity contribution in [2.75, 3.05) is 17.8 Å². The molecule has 0 saturated carbocycles. The summed E-state index contributed by atoms with van der Waals surface area (Å²) in [4.78, 5) is 22.6. The first-order chi connectivity index (χ1) is 7.58. The standard InChI is InChI=1S/C10H9BrClNO3/c1-16-10(15)7-3-2-6(12)4-8(7)13-9(14)5-11/h2-4H,5H2,1H3,(H,13,14). The number of alkyl halides is 1. The minimum Gasteiger partial charge on any atom is -0.465 e. The van der Waals surface area contributed by atoms with Gasteiger partial charge in [0.2, 0.25) is 5.91 Å².